The lowest BCUT2D eigenvalue weighted by Gasteiger charge is -2.32. The molecule has 2 aromatic rings. The van der Waals surface area contributed by atoms with Crippen LogP contribution in [0.4, 0.5) is 5.69 Å². The van der Waals surface area contributed by atoms with Crippen LogP contribution in [0.2, 0.25) is 0 Å². The second kappa shape index (κ2) is 5.93. The van der Waals surface area contributed by atoms with E-state index in [-0.39, 0.29) is 18.4 Å². The maximum Gasteiger partial charge on any atom is 0.268 e. The highest BCUT2D eigenvalue weighted by Gasteiger charge is 2.32. The number of furan rings is 1. The third kappa shape index (κ3) is 2.81. The van der Waals surface area contributed by atoms with Crippen LogP contribution in [0.5, 0.6) is 5.75 Å². The molecule has 1 N–H and O–H groups in total. The van der Waals surface area contributed by atoms with Gasteiger partial charge in [-0.1, -0.05) is 12.1 Å². The number of ether oxygens (including phenoxy) is 1. The van der Waals surface area contributed by atoms with Gasteiger partial charge in [-0.15, -0.1) is 0 Å². The quantitative estimate of drug-likeness (QED) is 0.933. The van der Waals surface area contributed by atoms with E-state index in [1.165, 1.54) is 4.90 Å². The normalized spacial score (nSPS) is 16.9. The van der Waals surface area contributed by atoms with Crippen LogP contribution >= 0.6 is 0 Å². The molecule has 0 unspecified atom stereocenters. The van der Waals surface area contributed by atoms with E-state index in [2.05, 4.69) is 5.32 Å². The fourth-order valence-electron chi connectivity index (χ4n) is 2.32. The Kier molecular flexibility index (Phi) is 3.82. The Morgan fingerprint density at radius 2 is 2.09 bits per heavy atom. The van der Waals surface area contributed by atoms with Crippen molar-refractivity contribution in [2.45, 2.75) is 19.6 Å². The molecule has 1 aromatic heterocycles. The van der Waals surface area contributed by atoms with Crippen molar-refractivity contribution in [2.75, 3.05) is 11.4 Å². The van der Waals surface area contributed by atoms with Crippen LogP contribution in [0, 0.1) is 0 Å². The topological polar surface area (TPSA) is 71.8 Å². The number of nitrogens with one attached hydrogen (secondary N) is 1. The lowest BCUT2D eigenvalue weighted by molar-refractivity contribution is -0.128. The average Bonchev–Trinajstić information content (AvgIpc) is 3.03. The molecule has 22 heavy (non-hydrogen) atoms. The van der Waals surface area contributed by atoms with Crippen molar-refractivity contribution >= 4 is 17.5 Å². The number of hydrogen-bond acceptors (Lipinski definition) is 4. The number of nitrogens with zero attached hydrogens (tertiary/aromatic N) is 1. The molecule has 0 saturated carbocycles. The summed E-state index contributed by atoms with van der Waals surface area (Å²) in [5.41, 5.74) is 0.610. The van der Waals surface area contributed by atoms with E-state index in [9.17, 15) is 9.59 Å². The minimum atomic E-state index is -0.604. The van der Waals surface area contributed by atoms with Crippen molar-refractivity contribution in [3.63, 3.8) is 0 Å². The van der Waals surface area contributed by atoms with Crippen molar-refractivity contribution in [3.05, 3.63) is 48.4 Å². The fourth-order valence-corrected chi connectivity index (χ4v) is 2.32. The number of rotatable bonds is 4. The molecule has 1 aromatic carbocycles. The van der Waals surface area contributed by atoms with Gasteiger partial charge in [-0.2, -0.15) is 0 Å². The molecule has 114 valence electrons. The van der Waals surface area contributed by atoms with Crippen molar-refractivity contribution < 1.29 is 18.7 Å². The van der Waals surface area contributed by atoms with Crippen LogP contribution in [0.1, 0.15) is 12.7 Å². The molecule has 2 amide bonds. The summed E-state index contributed by atoms with van der Waals surface area (Å²) in [6, 6.07) is 10.7. The molecule has 1 aliphatic heterocycles. The lowest BCUT2D eigenvalue weighted by Crippen LogP contribution is -2.48. The Balaban J connectivity index is 1.70. The summed E-state index contributed by atoms with van der Waals surface area (Å²) in [6.45, 7) is 1.91. The predicted molar refractivity (Wildman–Crippen MR) is 79.4 cm³/mol. The van der Waals surface area contributed by atoms with Gasteiger partial charge in [0.2, 0.25) is 5.91 Å². The Labute approximate surface area is 127 Å². The molecule has 1 aliphatic rings. The smallest absolute Gasteiger partial charge is 0.268 e. The predicted octanol–water partition coefficient (Wildman–Crippen LogP) is 1.71. The standard InChI is InChI=1S/C16H16N2O4/c1-11-16(20)18(13-6-2-3-7-14(13)22-11)10-15(19)17-9-12-5-4-8-21-12/h2-8,11H,9-10H2,1H3,(H,17,19)/t11-/m0/s1. The van der Waals surface area contributed by atoms with Gasteiger partial charge in [0.05, 0.1) is 18.5 Å². The van der Waals surface area contributed by atoms with Gasteiger partial charge in [-0.3, -0.25) is 14.5 Å². The van der Waals surface area contributed by atoms with Crippen molar-refractivity contribution in [1.29, 1.82) is 0 Å². The molecule has 6 nitrogen and oxygen atoms in total. The van der Waals surface area contributed by atoms with E-state index >= 15 is 0 Å². The van der Waals surface area contributed by atoms with Gasteiger partial charge in [-0.25, -0.2) is 0 Å². The highest BCUT2D eigenvalue weighted by Crippen LogP contribution is 2.33. The van der Waals surface area contributed by atoms with Gasteiger partial charge >= 0.3 is 0 Å². The minimum absolute atomic E-state index is 0.0513. The van der Waals surface area contributed by atoms with Crippen LogP contribution in [0.15, 0.2) is 47.1 Å². The minimum Gasteiger partial charge on any atom is -0.479 e. The summed E-state index contributed by atoms with van der Waals surface area (Å²) in [5.74, 6) is 0.782. The molecular weight excluding hydrogens is 284 g/mol. The van der Waals surface area contributed by atoms with Crippen LogP contribution in [-0.2, 0) is 16.1 Å². The molecule has 0 spiro atoms. The van der Waals surface area contributed by atoms with Gasteiger partial charge in [0.15, 0.2) is 6.10 Å². The highest BCUT2D eigenvalue weighted by atomic mass is 16.5. The van der Waals surface area contributed by atoms with E-state index < -0.39 is 6.10 Å². The van der Waals surface area contributed by atoms with Gasteiger partial charge in [0, 0.05) is 0 Å². The molecule has 0 radical (unpaired) electrons. The second-order valence-electron chi connectivity index (χ2n) is 5.01. The van der Waals surface area contributed by atoms with E-state index in [0.717, 1.165) is 0 Å². The Morgan fingerprint density at radius 3 is 2.86 bits per heavy atom. The fraction of sp³-hybridized carbons (Fsp3) is 0.250. The van der Waals surface area contributed by atoms with Gasteiger partial charge in [0.25, 0.3) is 5.91 Å². The molecule has 2 heterocycles. The second-order valence-corrected chi connectivity index (χ2v) is 5.01. The van der Waals surface area contributed by atoms with Gasteiger partial charge in [0.1, 0.15) is 18.1 Å². The summed E-state index contributed by atoms with van der Waals surface area (Å²) >= 11 is 0. The zero-order valence-electron chi connectivity index (χ0n) is 12.1. The largest absolute Gasteiger partial charge is 0.479 e. The number of para-hydroxylation sites is 2. The third-order valence-electron chi connectivity index (χ3n) is 3.42. The van der Waals surface area contributed by atoms with Crippen LogP contribution in [0.25, 0.3) is 0 Å². The maximum atomic E-state index is 12.3. The molecular formula is C16H16N2O4. The van der Waals surface area contributed by atoms with E-state index in [1.54, 1.807) is 43.5 Å². The SMILES string of the molecule is C[C@@H]1Oc2ccccc2N(CC(=O)NCc2ccco2)C1=O. The number of benzene rings is 1. The first-order valence-electron chi connectivity index (χ1n) is 7.01. The van der Waals surface area contributed by atoms with Gasteiger partial charge in [-0.05, 0) is 31.2 Å². The first kappa shape index (κ1) is 14.2. The molecule has 0 fully saturated rings. The van der Waals surface area contributed by atoms with E-state index in [1.807, 2.05) is 6.07 Å². The zero-order chi connectivity index (χ0) is 15.5. The maximum absolute atomic E-state index is 12.3. The molecule has 0 saturated heterocycles. The zero-order valence-corrected chi connectivity index (χ0v) is 12.1. The summed E-state index contributed by atoms with van der Waals surface area (Å²) < 4.78 is 10.7. The van der Waals surface area contributed by atoms with Crippen molar-refractivity contribution in [2.24, 2.45) is 0 Å². The summed E-state index contributed by atoms with van der Waals surface area (Å²) in [4.78, 5) is 25.8. The molecule has 0 bridgehead atoms. The molecule has 0 aliphatic carbocycles. The Bertz CT molecular complexity index is 681. The summed E-state index contributed by atoms with van der Waals surface area (Å²) in [6.07, 6.45) is 0.943. The van der Waals surface area contributed by atoms with Gasteiger partial charge < -0.3 is 14.5 Å². The first-order valence-corrected chi connectivity index (χ1v) is 7.01. The Hall–Kier alpha value is -2.76. The first-order chi connectivity index (χ1) is 10.6. The van der Waals surface area contributed by atoms with E-state index in [0.29, 0.717) is 23.7 Å². The number of anilines is 1. The lowest BCUT2D eigenvalue weighted by atomic mass is 10.2. The van der Waals surface area contributed by atoms with Crippen molar-refractivity contribution in [1.82, 2.24) is 5.32 Å². The summed E-state index contributed by atoms with van der Waals surface area (Å²) in [7, 11) is 0. The third-order valence-corrected chi connectivity index (χ3v) is 3.42. The van der Waals surface area contributed by atoms with Crippen LogP contribution in [-0.4, -0.2) is 24.5 Å². The van der Waals surface area contributed by atoms with Crippen molar-refractivity contribution in [3.8, 4) is 5.75 Å². The number of hydrogen-bond donors (Lipinski definition) is 1. The average molecular weight is 300 g/mol. The molecule has 3 rings (SSSR count). The number of carbonyl (C=O) groups is 2. The molecule has 6 heteroatoms. The molecule has 1 atom stereocenters. The number of carbonyl (C=O) groups excluding carboxylic acids is 2. The van der Waals surface area contributed by atoms with Crippen LogP contribution < -0.4 is 15.0 Å². The Morgan fingerprint density at radius 1 is 1.27 bits per heavy atom. The number of amides is 2. The monoisotopic (exact) mass is 300 g/mol. The highest BCUT2D eigenvalue weighted by molar-refractivity contribution is 6.03. The van der Waals surface area contributed by atoms with E-state index in [4.69, 9.17) is 9.15 Å². The summed E-state index contributed by atoms with van der Waals surface area (Å²) in [5, 5.41) is 2.73. The van der Waals surface area contributed by atoms with Crippen LogP contribution in [0.3, 0.4) is 0 Å². The number of fused-ring (bicyclic) bond motifs is 1.